The molecule has 106 valence electrons. The van der Waals surface area contributed by atoms with Crippen molar-refractivity contribution in [3.05, 3.63) is 28.9 Å². The monoisotopic (exact) mass is 293 g/mol. The van der Waals surface area contributed by atoms with Gasteiger partial charge in [-0.05, 0) is 18.6 Å². The highest BCUT2D eigenvalue weighted by Crippen LogP contribution is 2.35. The summed E-state index contributed by atoms with van der Waals surface area (Å²) in [4.78, 5) is 16.1. The molecule has 1 aromatic heterocycles. The van der Waals surface area contributed by atoms with Crippen molar-refractivity contribution in [1.82, 2.24) is 4.98 Å². The molecule has 0 spiro atoms. The van der Waals surface area contributed by atoms with E-state index in [-0.39, 0.29) is 5.69 Å². The average Bonchev–Trinajstić information content (AvgIpc) is 2.91. The van der Waals surface area contributed by atoms with Crippen molar-refractivity contribution in [3.63, 3.8) is 0 Å². The molecule has 0 radical (unpaired) electrons. The molecule has 1 aromatic carbocycles. The number of carboxylic acid groups (broad SMARTS) is 1. The third kappa shape index (κ3) is 2.75. The summed E-state index contributed by atoms with van der Waals surface area (Å²) < 4.78 is 10.4. The quantitative estimate of drug-likeness (QED) is 0.917. The van der Waals surface area contributed by atoms with Crippen LogP contribution in [0.15, 0.2) is 18.2 Å². The number of nitrogens with zero attached hydrogens (tertiary/aromatic N) is 1. The Kier molecular flexibility index (Phi) is 4.24. The van der Waals surface area contributed by atoms with Crippen LogP contribution in [-0.2, 0) is 6.42 Å². The topological polar surface area (TPSA) is 68.7 Å². The number of methoxy groups -OCH3 is 2. The third-order valence-electron chi connectivity index (χ3n) is 2.79. The van der Waals surface area contributed by atoms with Gasteiger partial charge < -0.3 is 14.6 Å². The second-order valence-electron chi connectivity index (χ2n) is 4.05. The fraction of sp³-hybridized carbons (Fsp3) is 0.286. The first-order valence-corrected chi connectivity index (χ1v) is 6.87. The first-order valence-electron chi connectivity index (χ1n) is 6.05. The van der Waals surface area contributed by atoms with Crippen LogP contribution in [0, 0.1) is 0 Å². The van der Waals surface area contributed by atoms with Gasteiger partial charge in [-0.3, -0.25) is 0 Å². The summed E-state index contributed by atoms with van der Waals surface area (Å²) in [5.74, 6) is 0.196. The van der Waals surface area contributed by atoms with Gasteiger partial charge in [0.1, 0.15) is 11.5 Å². The van der Waals surface area contributed by atoms with Crippen LogP contribution in [-0.4, -0.2) is 30.3 Å². The Morgan fingerprint density at radius 1 is 1.25 bits per heavy atom. The van der Waals surface area contributed by atoms with E-state index in [1.807, 2.05) is 6.92 Å². The molecule has 0 saturated carbocycles. The van der Waals surface area contributed by atoms with Gasteiger partial charge in [0.15, 0.2) is 5.69 Å². The van der Waals surface area contributed by atoms with Crippen LogP contribution in [0.4, 0.5) is 0 Å². The summed E-state index contributed by atoms with van der Waals surface area (Å²) in [7, 11) is 3.11. The number of ether oxygens (including phenoxy) is 2. The zero-order chi connectivity index (χ0) is 14.7. The number of thiazole rings is 1. The van der Waals surface area contributed by atoms with Crippen molar-refractivity contribution in [2.24, 2.45) is 0 Å². The maximum absolute atomic E-state index is 11.3. The van der Waals surface area contributed by atoms with E-state index >= 15 is 0 Å². The van der Waals surface area contributed by atoms with E-state index in [1.165, 1.54) is 11.3 Å². The molecular formula is C14H15NO4S. The number of carboxylic acids is 1. The van der Waals surface area contributed by atoms with Crippen molar-refractivity contribution in [1.29, 1.82) is 0 Å². The molecule has 1 N–H and O–H groups in total. The Balaban J connectivity index is 2.60. The third-order valence-corrected chi connectivity index (χ3v) is 4.04. The molecule has 6 heteroatoms. The van der Waals surface area contributed by atoms with E-state index in [9.17, 15) is 9.90 Å². The Hall–Kier alpha value is -2.08. The second kappa shape index (κ2) is 5.92. The van der Waals surface area contributed by atoms with Crippen LogP contribution in [0.3, 0.4) is 0 Å². The Morgan fingerprint density at radius 3 is 2.30 bits per heavy atom. The smallest absolute Gasteiger partial charge is 0.356 e. The Morgan fingerprint density at radius 2 is 1.85 bits per heavy atom. The van der Waals surface area contributed by atoms with Crippen LogP contribution < -0.4 is 9.47 Å². The molecule has 2 aromatic rings. The lowest BCUT2D eigenvalue weighted by Crippen LogP contribution is -1.99. The molecule has 0 aliphatic carbocycles. The molecule has 2 rings (SSSR count). The fourth-order valence-corrected chi connectivity index (χ4v) is 2.78. The van der Waals surface area contributed by atoms with Crippen LogP contribution in [0.2, 0.25) is 0 Å². The standard InChI is InChI=1S/C14H15NO4S/c1-4-11-15-12(14(16)17)13(20-11)8-5-9(18-2)7-10(6-8)19-3/h5-7H,4H2,1-3H3,(H,16,17). The number of hydrogen-bond acceptors (Lipinski definition) is 5. The summed E-state index contributed by atoms with van der Waals surface area (Å²) in [5.41, 5.74) is 0.804. The number of benzene rings is 1. The molecule has 0 unspecified atom stereocenters. The van der Waals surface area contributed by atoms with Crippen molar-refractivity contribution >= 4 is 17.3 Å². The number of carbonyl (C=O) groups is 1. The van der Waals surface area contributed by atoms with Crippen molar-refractivity contribution in [2.45, 2.75) is 13.3 Å². The van der Waals surface area contributed by atoms with Crippen LogP contribution >= 0.6 is 11.3 Å². The van der Waals surface area contributed by atoms with Crippen LogP contribution in [0.25, 0.3) is 10.4 Å². The molecule has 0 fully saturated rings. The number of aromatic carboxylic acids is 1. The maximum atomic E-state index is 11.3. The van der Waals surface area contributed by atoms with Crippen LogP contribution in [0.5, 0.6) is 11.5 Å². The van der Waals surface area contributed by atoms with Gasteiger partial charge in [0.2, 0.25) is 0 Å². The van der Waals surface area contributed by atoms with E-state index in [1.54, 1.807) is 32.4 Å². The zero-order valence-corrected chi connectivity index (χ0v) is 12.3. The van der Waals surface area contributed by atoms with Gasteiger partial charge in [-0.1, -0.05) is 6.92 Å². The van der Waals surface area contributed by atoms with Crippen LogP contribution in [0.1, 0.15) is 22.4 Å². The normalized spacial score (nSPS) is 10.3. The number of aryl methyl sites for hydroxylation is 1. The lowest BCUT2D eigenvalue weighted by molar-refractivity contribution is 0.0692. The molecular weight excluding hydrogens is 278 g/mol. The van der Waals surface area contributed by atoms with Gasteiger partial charge >= 0.3 is 5.97 Å². The Bertz CT molecular complexity index is 614. The van der Waals surface area contributed by atoms with E-state index in [0.29, 0.717) is 22.8 Å². The van der Waals surface area contributed by atoms with E-state index in [0.717, 1.165) is 10.6 Å². The SMILES string of the molecule is CCc1nc(C(=O)O)c(-c2cc(OC)cc(OC)c2)s1. The summed E-state index contributed by atoms with van der Waals surface area (Å²) in [5, 5.41) is 10.1. The van der Waals surface area contributed by atoms with Gasteiger partial charge in [0, 0.05) is 11.6 Å². The summed E-state index contributed by atoms with van der Waals surface area (Å²) >= 11 is 1.38. The molecule has 5 nitrogen and oxygen atoms in total. The minimum Gasteiger partial charge on any atom is -0.497 e. The highest BCUT2D eigenvalue weighted by atomic mass is 32.1. The van der Waals surface area contributed by atoms with Gasteiger partial charge in [-0.25, -0.2) is 9.78 Å². The molecule has 0 amide bonds. The summed E-state index contributed by atoms with van der Waals surface area (Å²) in [6.07, 6.45) is 0.700. The number of rotatable bonds is 5. The van der Waals surface area contributed by atoms with E-state index in [4.69, 9.17) is 9.47 Å². The molecule has 20 heavy (non-hydrogen) atoms. The highest BCUT2D eigenvalue weighted by Gasteiger charge is 2.19. The van der Waals surface area contributed by atoms with Gasteiger partial charge in [0.05, 0.1) is 24.1 Å². The van der Waals surface area contributed by atoms with Crippen molar-refractivity contribution < 1.29 is 19.4 Å². The largest absolute Gasteiger partial charge is 0.497 e. The first kappa shape index (κ1) is 14.3. The molecule has 1 heterocycles. The Labute approximate surface area is 120 Å². The second-order valence-corrected chi connectivity index (χ2v) is 5.13. The summed E-state index contributed by atoms with van der Waals surface area (Å²) in [6, 6.07) is 5.30. The lowest BCUT2D eigenvalue weighted by Gasteiger charge is -2.07. The predicted molar refractivity (Wildman–Crippen MR) is 77.0 cm³/mol. The molecule has 0 saturated heterocycles. The highest BCUT2D eigenvalue weighted by molar-refractivity contribution is 7.15. The number of hydrogen-bond donors (Lipinski definition) is 1. The van der Waals surface area contributed by atoms with Gasteiger partial charge in [-0.2, -0.15) is 0 Å². The van der Waals surface area contributed by atoms with Crippen molar-refractivity contribution in [2.75, 3.05) is 14.2 Å². The van der Waals surface area contributed by atoms with Gasteiger partial charge in [-0.15, -0.1) is 11.3 Å². The lowest BCUT2D eigenvalue weighted by atomic mass is 10.1. The van der Waals surface area contributed by atoms with E-state index < -0.39 is 5.97 Å². The minimum atomic E-state index is -1.03. The zero-order valence-electron chi connectivity index (χ0n) is 11.5. The molecule has 0 atom stereocenters. The molecule has 0 bridgehead atoms. The average molecular weight is 293 g/mol. The minimum absolute atomic E-state index is 0.0714. The number of aromatic nitrogens is 1. The fourth-order valence-electron chi connectivity index (χ4n) is 1.79. The van der Waals surface area contributed by atoms with Gasteiger partial charge in [0.25, 0.3) is 0 Å². The predicted octanol–water partition coefficient (Wildman–Crippen LogP) is 3.09. The first-order chi connectivity index (χ1) is 9.58. The molecule has 0 aliphatic heterocycles. The molecule has 0 aliphatic rings. The van der Waals surface area contributed by atoms with Crippen molar-refractivity contribution in [3.8, 4) is 21.9 Å². The summed E-state index contributed by atoms with van der Waals surface area (Å²) in [6.45, 7) is 1.94. The van der Waals surface area contributed by atoms with E-state index in [2.05, 4.69) is 4.98 Å². The maximum Gasteiger partial charge on any atom is 0.356 e.